The van der Waals surface area contributed by atoms with Crippen molar-refractivity contribution < 1.29 is 19.4 Å². The number of nitrogens with zero attached hydrogens (tertiary/aromatic N) is 2. The molecule has 2 aromatic carbocycles. The molecule has 6 nitrogen and oxygen atoms in total. The summed E-state index contributed by atoms with van der Waals surface area (Å²) < 4.78 is 13.5. The second kappa shape index (κ2) is 7.15. The average Bonchev–Trinajstić information content (AvgIpc) is 3.05. The van der Waals surface area contributed by atoms with E-state index < -0.39 is 5.97 Å². The highest BCUT2D eigenvalue weighted by Crippen LogP contribution is 2.34. The van der Waals surface area contributed by atoms with Crippen molar-refractivity contribution in [3.05, 3.63) is 66.0 Å². The number of carboxylic acids is 1. The van der Waals surface area contributed by atoms with E-state index in [9.17, 15) is 9.90 Å². The van der Waals surface area contributed by atoms with Crippen LogP contribution in [-0.4, -0.2) is 33.8 Å². The molecule has 6 heteroatoms. The number of aromatic nitrogens is 2. The zero-order valence-electron chi connectivity index (χ0n) is 15.0. The molecule has 0 amide bonds. The Bertz CT molecular complexity index is 980. The Morgan fingerprint density at radius 2 is 1.93 bits per heavy atom. The van der Waals surface area contributed by atoms with Crippen LogP contribution >= 0.6 is 0 Å². The van der Waals surface area contributed by atoms with Crippen molar-refractivity contribution in [2.45, 2.75) is 19.4 Å². The Morgan fingerprint density at radius 1 is 1.15 bits per heavy atom. The summed E-state index contributed by atoms with van der Waals surface area (Å²) in [7, 11) is 0. The number of aromatic carboxylic acids is 1. The third-order valence-electron chi connectivity index (χ3n) is 4.74. The minimum absolute atomic E-state index is 0.0542. The summed E-state index contributed by atoms with van der Waals surface area (Å²) in [5.41, 5.74) is 1.86. The van der Waals surface area contributed by atoms with Crippen LogP contribution in [0, 0.1) is 0 Å². The van der Waals surface area contributed by atoms with Crippen molar-refractivity contribution in [1.82, 2.24) is 9.55 Å². The summed E-state index contributed by atoms with van der Waals surface area (Å²) in [5, 5.41) is 9.50. The first-order valence-corrected chi connectivity index (χ1v) is 8.90. The maximum Gasteiger partial charge on any atom is 0.336 e. The van der Waals surface area contributed by atoms with E-state index in [1.165, 1.54) is 0 Å². The Kier molecular flexibility index (Phi) is 4.54. The third kappa shape index (κ3) is 3.26. The molecule has 1 atom stereocenters. The largest absolute Gasteiger partial charge is 0.490 e. The quantitative estimate of drug-likeness (QED) is 0.757. The number of benzene rings is 2. The molecular formula is C21H20N2O4. The second-order valence-electron chi connectivity index (χ2n) is 6.44. The molecule has 0 saturated heterocycles. The van der Waals surface area contributed by atoms with Crippen molar-refractivity contribution in [2.75, 3.05) is 13.2 Å². The summed E-state index contributed by atoms with van der Waals surface area (Å²) in [6, 6.07) is 12.8. The molecule has 4 rings (SSSR count). The zero-order chi connectivity index (χ0) is 18.8. The van der Waals surface area contributed by atoms with Gasteiger partial charge in [0.2, 0.25) is 0 Å². The number of fused-ring (bicyclic) bond motifs is 1. The van der Waals surface area contributed by atoms with Crippen molar-refractivity contribution in [2.24, 2.45) is 0 Å². The third-order valence-corrected chi connectivity index (χ3v) is 4.74. The van der Waals surface area contributed by atoms with Crippen LogP contribution in [0.25, 0.3) is 11.4 Å². The monoisotopic (exact) mass is 364 g/mol. The molecule has 27 heavy (non-hydrogen) atoms. The first kappa shape index (κ1) is 17.1. The molecular weight excluding hydrogens is 344 g/mol. The summed E-state index contributed by atoms with van der Waals surface area (Å²) >= 11 is 0. The van der Waals surface area contributed by atoms with E-state index in [-0.39, 0.29) is 11.6 Å². The van der Waals surface area contributed by atoms with Gasteiger partial charge < -0.3 is 19.1 Å². The number of carboxylic acid groups (broad SMARTS) is 1. The molecule has 1 aliphatic heterocycles. The second-order valence-corrected chi connectivity index (χ2v) is 6.44. The van der Waals surface area contributed by atoms with E-state index in [0.29, 0.717) is 24.6 Å². The lowest BCUT2D eigenvalue weighted by atomic mass is 10.0. The first-order chi connectivity index (χ1) is 13.1. The molecule has 1 N–H and O–H groups in total. The van der Waals surface area contributed by atoms with E-state index in [1.807, 2.05) is 42.0 Å². The first-order valence-electron chi connectivity index (χ1n) is 8.90. The Labute approximate surface area is 157 Å². The maximum atomic E-state index is 11.6. The van der Waals surface area contributed by atoms with E-state index in [2.05, 4.69) is 4.98 Å². The van der Waals surface area contributed by atoms with Crippen LogP contribution in [0.2, 0.25) is 0 Å². The number of imidazole rings is 1. The van der Waals surface area contributed by atoms with Crippen LogP contribution < -0.4 is 9.47 Å². The standard InChI is InChI=1S/C21H20N2O4/c1-14(15-7-8-18-19(13-15)27-12-4-11-26-18)23-10-9-22-20(23)16-5-2-3-6-17(16)21(24)25/h2-3,5-10,13-14H,4,11-12H2,1H3,(H,24,25)/t14-/m1/s1. The topological polar surface area (TPSA) is 73.6 Å². The van der Waals surface area contributed by atoms with Gasteiger partial charge in [0.05, 0.1) is 24.8 Å². The van der Waals surface area contributed by atoms with E-state index in [4.69, 9.17) is 9.47 Å². The fraction of sp³-hybridized carbons (Fsp3) is 0.238. The number of carbonyl (C=O) groups is 1. The number of hydrogen-bond acceptors (Lipinski definition) is 4. The molecule has 0 fully saturated rings. The summed E-state index contributed by atoms with van der Waals surface area (Å²) in [4.78, 5) is 16.0. The molecule has 0 radical (unpaired) electrons. The van der Waals surface area contributed by atoms with Gasteiger partial charge in [0, 0.05) is 24.4 Å². The molecule has 0 aliphatic carbocycles. The number of ether oxygens (including phenoxy) is 2. The van der Waals surface area contributed by atoms with Crippen molar-refractivity contribution in [1.29, 1.82) is 0 Å². The predicted octanol–water partition coefficient (Wildman–Crippen LogP) is 4.02. The highest BCUT2D eigenvalue weighted by molar-refractivity contribution is 5.95. The molecule has 138 valence electrons. The van der Waals surface area contributed by atoms with E-state index in [1.54, 1.807) is 24.4 Å². The van der Waals surface area contributed by atoms with Crippen molar-refractivity contribution >= 4 is 5.97 Å². The van der Waals surface area contributed by atoms with Crippen LogP contribution in [0.4, 0.5) is 0 Å². The normalized spacial score (nSPS) is 14.4. The summed E-state index contributed by atoms with van der Waals surface area (Å²) in [6.45, 7) is 3.33. The molecule has 0 unspecified atom stereocenters. The van der Waals surface area contributed by atoms with E-state index >= 15 is 0 Å². The highest BCUT2D eigenvalue weighted by Gasteiger charge is 2.20. The fourth-order valence-corrected chi connectivity index (χ4v) is 3.30. The average molecular weight is 364 g/mol. The fourth-order valence-electron chi connectivity index (χ4n) is 3.30. The smallest absolute Gasteiger partial charge is 0.336 e. The molecule has 1 aromatic heterocycles. The van der Waals surface area contributed by atoms with Crippen molar-refractivity contribution in [3.8, 4) is 22.9 Å². The maximum absolute atomic E-state index is 11.6. The zero-order valence-corrected chi connectivity index (χ0v) is 15.0. The van der Waals surface area contributed by atoms with Crippen LogP contribution in [-0.2, 0) is 0 Å². The predicted molar refractivity (Wildman–Crippen MR) is 100 cm³/mol. The van der Waals surface area contributed by atoms with Gasteiger partial charge in [-0.05, 0) is 30.7 Å². The molecule has 1 aliphatic rings. The lowest BCUT2D eigenvalue weighted by Crippen LogP contribution is -2.10. The van der Waals surface area contributed by atoms with Crippen LogP contribution in [0.3, 0.4) is 0 Å². The molecule has 0 bridgehead atoms. The Morgan fingerprint density at radius 3 is 2.74 bits per heavy atom. The molecule has 2 heterocycles. The molecule has 3 aromatic rings. The lowest BCUT2D eigenvalue weighted by molar-refractivity contribution is 0.0697. The molecule has 0 spiro atoms. The van der Waals surface area contributed by atoms with Gasteiger partial charge in [-0.25, -0.2) is 9.78 Å². The number of rotatable bonds is 4. The van der Waals surface area contributed by atoms with Gasteiger partial charge in [-0.1, -0.05) is 24.3 Å². The van der Waals surface area contributed by atoms with Gasteiger partial charge in [-0.15, -0.1) is 0 Å². The molecule has 0 saturated carbocycles. The van der Waals surface area contributed by atoms with Crippen LogP contribution in [0.1, 0.15) is 35.3 Å². The van der Waals surface area contributed by atoms with Gasteiger partial charge in [0.1, 0.15) is 5.82 Å². The summed E-state index contributed by atoms with van der Waals surface area (Å²) in [5.74, 6) is 1.14. The van der Waals surface area contributed by atoms with Crippen LogP contribution in [0.15, 0.2) is 54.9 Å². The Hall–Kier alpha value is -3.28. The van der Waals surface area contributed by atoms with Gasteiger partial charge in [-0.2, -0.15) is 0 Å². The van der Waals surface area contributed by atoms with Crippen LogP contribution in [0.5, 0.6) is 11.5 Å². The van der Waals surface area contributed by atoms with Crippen molar-refractivity contribution in [3.63, 3.8) is 0 Å². The van der Waals surface area contributed by atoms with Gasteiger partial charge in [0.25, 0.3) is 0 Å². The lowest BCUT2D eigenvalue weighted by Gasteiger charge is -2.19. The SMILES string of the molecule is C[C@H](c1ccc2c(c1)OCCCO2)n1ccnc1-c1ccccc1C(=O)O. The van der Waals surface area contributed by atoms with Gasteiger partial charge in [-0.3, -0.25) is 0 Å². The Balaban J connectivity index is 1.73. The minimum atomic E-state index is -0.969. The van der Waals surface area contributed by atoms with Gasteiger partial charge in [0.15, 0.2) is 11.5 Å². The highest BCUT2D eigenvalue weighted by atomic mass is 16.5. The minimum Gasteiger partial charge on any atom is -0.490 e. The number of hydrogen-bond donors (Lipinski definition) is 1. The van der Waals surface area contributed by atoms with E-state index in [0.717, 1.165) is 23.5 Å². The van der Waals surface area contributed by atoms with Gasteiger partial charge >= 0.3 is 5.97 Å². The summed E-state index contributed by atoms with van der Waals surface area (Å²) in [6.07, 6.45) is 4.41.